The van der Waals surface area contributed by atoms with Crippen molar-refractivity contribution in [1.29, 1.82) is 0 Å². The molecule has 0 spiro atoms. The van der Waals surface area contributed by atoms with Gasteiger partial charge in [-0.25, -0.2) is 0 Å². The lowest BCUT2D eigenvalue weighted by Gasteiger charge is -2.33. The summed E-state index contributed by atoms with van der Waals surface area (Å²) >= 11 is 0. The Balaban J connectivity index is 1.34. The Labute approximate surface area is 150 Å². The number of hydrogen-bond acceptors (Lipinski definition) is 7. The fraction of sp³-hybridized carbons (Fsp3) is 0.333. The van der Waals surface area contributed by atoms with Gasteiger partial charge < -0.3 is 18.7 Å². The molecule has 0 N–H and O–H groups in total. The number of amides is 1. The van der Waals surface area contributed by atoms with Gasteiger partial charge in [0.25, 0.3) is 0 Å². The van der Waals surface area contributed by atoms with E-state index in [1.165, 1.54) is 0 Å². The Kier molecular flexibility index (Phi) is 4.39. The van der Waals surface area contributed by atoms with E-state index in [-0.39, 0.29) is 12.3 Å². The highest BCUT2D eigenvalue weighted by Crippen LogP contribution is 2.20. The third kappa shape index (κ3) is 3.44. The largest absolute Gasteiger partial charge is 0.408 e. The van der Waals surface area contributed by atoms with E-state index in [1.807, 2.05) is 46.2 Å². The molecule has 3 aromatic rings. The van der Waals surface area contributed by atoms with Crippen LogP contribution in [-0.4, -0.2) is 52.3 Å². The Morgan fingerprint density at radius 3 is 2.58 bits per heavy atom. The number of carbonyl (C=O) groups is 1. The summed E-state index contributed by atoms with van der Waals surface area (Å²) in [7, 11) is 0. The van der Waals surface area contributed by atoms with Gasteiger partial charge >= 0.3 is 6.01 Å². The molecule has 4 rings (SSSR count). The summed E-state index contributed by atoms with van der Waals surface area (Å²) < 4.78 is 10.8. The lowest BCUT2D eigenvalue weighted by atomic mass is 10.1. The number of benzene rings is 1. The number of aryl methyl sites for hydroxylation is 1. The lowest BCUT2D eigenvalue weighted by Crippen LogP contribution is -2.49. The van der Waals surface area contributed by atoms with Crippen molar-refractivity contribution in [3.63, 3.8) is 0 Å². The molecular weight excluding hydrogens is 334 g/mol. The van der Waals surface area contributed by atoms with Crippen LogP contribution in [0.25, 0.3) is 11.3 Å². The average Bonchev–Trinajstić information content (AvgIpc) is 3.32. The van der Waals surface area contributed by atoms with Crippen molar-refractivity contribution in [3.05, 3.63) is 48.0 Å². The number of anilines is 1. The molecule has 134 valence electrons. The normalized spacial score (nSPS) is 14.7. The molecule has 0 radical (unpaired) electrons. The third-order valence-corrected chi connectivity index (χ3v) is 4.37. The Morgan fingerprint density at radius 2 is 1.88 bits per heavy atom. The zero-order valence-electron chi connectivity index (χ0n) is 14.5. The Bertz CT molecular complexity index is 881. The van der Waals surface area contributed by atoms with Gasteiger partial charge in [-0.15, -0.1) is 5.10 Å². The summed E-state index contributed by atoms with van der Waals surface area (Å²) in [5, 5.41) is 11.9. The molecule has 1 saturated heterocycles. The first-order chi connectivity index (χ1) is 12.7. The van der Waals surface area contributed by atoms with Crippen molar-refractivity contribution in [2.75, 3.05) is 31.1 Å². The first-order valence-corrected chi connectivity index (χ1v) is 8.53. The van der Waals surface area contributed by atoms with Gasteiger partial charge in [0, 0.05) is 44.7 Å². The summed E-state index contributed by atoms with van der Waals surface area (Å²) in [6.07, 6.45) is 0.232. The molecule has 8 heteroatoms. The molecule has 0 unspecified atom stereocenters. The van der Waals surface area contributed by atoms with Gasteiger partial charge in [-0.1, -0.05) is 40.6 Å². The molecule has 0 atom stereocenters. The van der Waals surface area contributed by atoms with Gasteiger partial charge in [-0.05, 0) is 0 Å². The van der Waals surface area contributed by atoms with E-state index in [4.69, 9.17) is 8.94 Å². The highest BCUT2D eigenvalue weighted by Gasteiger charge is 2.24. The van der Waals surface area contributed by atoms with Crippen LogP contribution in [0.5, 0.6) is 0 Å². The van der Waals surface area contributed by atoms with Crippen LogP contribution in [-0.2, 0) is 11.2 Å². The van der Waals surface area contributed by atoms with Gasteiger partial charge in [-0.3, -0.25) is 4.79 Å². The number of carbonyl (C=O) groups excluding carboxylic acids is 1. The summed E-state index contributed by atoms with van der Waals surface area (Å²) in [6.45, 7) is 4.33. The molecule has 1 aliphatic heterocycles. The molecule has 8 nitrogen and oxygen atoms in total. The molecule has 0 saturated carbocycles. The van der Waals surface area contributed by atoms with Crippen LogP contribution in [0.2, 0.25) is 0 Å². The minimum absolute atomic E-state index is 0.0410. The fourth-order valence-electron chi connectivity index (χ4n) is 2.96. The van der Waals surface area contributed by atoms with Crippen LogP contribution in [0.1, 0.15) is 11.6 Å². The van der Waals surface area contributed by atoms with Crippen LogP contribution in [0.3, 0.4) is 0 Å². The standard InChI is InChI=1S/C18H19N5O3/c1-13-19-20-18(25-13)23-9-7-22(8-10-23)17(24)12-15-11-16(26-21-15)14-5-3-2-4-6-14/h2-6,11H,7-10,12H2,1H3. The van der Waals surface area contributed by atoms with E-state index in [1.54, 1.807) is 6.92 Å². The number of aromatic nitrogens is 3. The number of rotatable bonds is 4. The molecule has 1 amide bonds. The molecule has 1 fully saturated rings. The monoisotopic (exact) mass is 353 g/mol. The van der Waals surface area contributed by atoms with Crippen molar-refractivity contribution >= 4 is 11.9 Å². The molecule has 0 aliphatic carbocycles. The van der Waals surface area contributed by atoms with Crippen LogP contribution < -0.4 is 4.90 Å². The molecule has 26 heavy (non-hydrogen) atoms. The van der Waals surface area contributed by atoms with Gasteiger partial charge in [0.15, 0.2) is 5.76 Å². The SMILES string of the molecule is Cc1nnc(N2CCN(C(=O)Cc3cc(-c4ccccc4)on3)CC2)o1. The van der Waals surface area contributed by atoms with Gasteiger partial charge in [0.05, 0.1) is 12.1 Å². The summed E-state index contributed by atoms with van der Waals surface area (Å²) in [4.78, 5) is 16.4. The molecule has 1 aromatic carbocycles. The number of nitrogens with zero attached hydrogens (tertiary/aromatic N) is 5. The van der Waals surface area contributed by atoms with Crippen LogP contribution in [0.4, 0.5) is 6.01 Å². The first-order valence-electron chi connectivity index (χ1n) is 8.53. The highest BCUT2D eigenvalue weighted by atomic mass is 16.5. The predicted octanol–water partition coefficient (Wildman–Crippen LogP) is 1.92. The Morgan fingerprint density at radius 1 is 1.12 bits per heavy atom. The highest BCUT2D eigenvalue weighted by molar-refractivity contribution is 5.79. The number of hydrogen-bond donors (Lipinski definition) is 0. The molecule has 3 heterocycles. The van der Waals surface area contributed by atoms with E-state index >= 15 is 0 Å². The summed E-state index contributed by atoms with van der Waals surface area (Å²) in [6, 6.07) is 12.1. The number of piperazine rings is 1. The maximum atomic E-state index is 12.5. The van der Waals surface area contributed by atoms with Crippen molar-refractivity contribution in [2.24, 2.45) is 0 Å². The second-order valence-electron chi connectivity index (χ2n) is 6.20. The topological polar surface area (TPSA) is 88.5 Å². The smallest absolute Gasteiger partial charge is 0.318 e. The third-order valence-electron chi connectivity index (χ3n) is 4.37. The molecular formula is C18H19N5O3. The first kappa shape index (κ1) is 16.3. The fourth-order valence-corrected chi connectivity index (χ4v) is 2.96. The maximum Gasteiger partial charge on any atom is 0.318 e. The predicted molar refractivity (Wildman–Crippen MR) is 93.5 cm³/mol. The lowest BCUT2D eigenvalue weighted by molar-refractivity contribution is -0.130. The minimum atomic E-state index is 0.0410. The van der Waals surface area contributed by atoms with Crippen LogP contribution in [0.15, 0.2) is 45.3 Å². The van der Waals surface area contributed by atoms with Crippen molar-refractivity contribution in [1.82, 2.24) is 20.3 Å². The molecule has 0 bridgehead atoms. The molecule has 2 aromatic heterocycles. The minimum Gasteiger partial charge on any atom is -0.408 e. The van der Waals surface area contributed by atoms with Crippen molar-refractivity contribution < 1.29 is 13.7 Å². The van der Waals surface area contributed by atoms with E-state index in [0.29, 0.717) is 49.5 Å². The van der Waals surface area contributed by atoms with Crippen molar-refractivity contribution in [3.8, 4) is 11.3 Å². The van der Waals surface area contributed by atoms with Gasteiger partial charge in [0.2, 0.25) is 11.8 Å². The second-order valence-corrected chi connectivity index (χ2v) is 6.20. The van der Waals surface area contributed by atoms with E-state index in [9.17, 15) is 4.79 Å². The van der Waals surface area contributed by atoms with Gasteiger partial charge in [-0.2, -0.15) is 0 Å². The van der Waals surface area contributed by atoms with Crippen LogP contribution in [0, 0.1) is 6.92 Å². The zero-order chi connectivity index (χ0) is 17.9. The van der Waals surface area contributed by atoms with E-state index < -0.39 is 0 Å². The Hall–Kier alpha value is -3.16. The molecule has 1 aliphatic rings. The maximum absolute atomic E-state index is 12.5. The quantitative estimate of drug-likeness (QED) is 0.708. The summed E-state index contributed by atoms with van der Waals surface area (Å²) in [5.41, 5.74) is 1.59. The van der Waals surface area contributed by atoms with E-state index in [0.717, 1.165) is 5.56 Å². The van der Waals surface area contributed by atoms with Gasteiger partial charge in [0.1, 0.15) is 0 Å². The van der Waals surface area contributed by atoms with Crippen LogP contribution >= 0.6 is 0 Å². The zero-order valence-corrected chi connectivity index (χ0v) is 14.5. The summed E-state index contributed by atoms with van der Waals surface area (Å²) in [5.74, 6) is 1.25. The van der Waals surface area contributed by atoms with E-state index in [2.05, 4.69) is 15.4 Å². The average molecular weight is 353 g/mol. The van der Waals surface area contributed by atoms with Crippen molar-refractivity contribution in [2.45, 2.75) is 13.3 Å². The second kappa shape index (κ2) is 6.99.